The summed E-state index contributed by atoms with van der Waals surface area (Å²) in [5.41, 5.74) is 7.55. The molecule has 0 aliphatic heterocycles. The number of para-hydroxylation sites is 1. The Morgan fingerprint density at radius 2 is 2.11 bits per heavy atom. The normalized spacial score (nSPS) is 10.2. The number of hydrogen-bond donors (Lipinski definition) is 1. The molecule has 0 saturated heterocycles. The lowest BCUT2D eigenvalue weighted by atomic mass is 10.1. The smallest absolute Gasteiger partial charge is 0.261 e. The third kappa shape index (κ3) is 2.63. The van der Waals surface area contributed by atoms with E-state index in [1.165, 1.54) is 11.1 Å². The molecule has 0 bridgehead atoms. The van der Waals surface area contributed by atoms with Gasteiger partial charge in [-0.2, -0.15) is 5.10 Å². The predicted molar refractivity (Wildman–Crippen MR) is 78.3 cm³/mol. The third-order valence-corrected chi connectivity index (χ3v) is 3.01. The van der Waals surface area contributed by atoms with E-state index in [-0.39, 0.29) is 10.9 Å². The highest BCUT2D eigenvalue weighted by molar-refractivity contribution is 7.80. The van der Waals surface area contributed by atoms with Crippen LogP contribution in [0.4, 0.5) is 5.69 Å². The number of benzene rings is 1. The summed E-state index contributed by atoms with van der Waals surface area (Å²) in [5, 5.41) is 3.99. The summed E-state index contributed by atoms with van der Waals surface area (Å²) in [7, 11) is 3.45. The van der Waals surface area contributed by atoms with Gasteiger partial charge in [-0.05, 0) is 12.1 Å². The fraction of sp³-hybridized carbons (Fsp3) is 0.154. The number of hydrogen-bond acceptors (Lipinski definition) is 3. The summed E-state index contributed by atoms with van der Waals surface area (Å²) in [6.07, 6.45) is 3.20. The van der Waals surface area contributed by atoms with Crippen LogP contribution < -0.4 is 10.6 Å². The Kier molecular flexibility index (Phi) is 3.62. The average molecular weight is 274 g/mol. The molecule has 19 heavy (non-hydrogen) atoms. The van der Waals surface area contributed by atoms with Crippen LogP contribution in [0.25, 0.3) is 0 Å². The first-order chi connectivity index (χ1) is 9.00. The Morgan fingerprint density at radius 1 is 1.42 bits per heavy atom. The van der Waals surface area contributed by atoms with Gasteiger partial charge in [0.15, 0.2) is 0 Å². The van der Waals surface area contributed by atoms with Gasteiger partial charge in [0.1, 0.15) is 4.99 Å². The lowest BCUT2D eigenvalue weighted by molar-refractivity contribution is 0.0993. The monoisotopic (exact) mass is 274 g/mol. The van der Waals surface area contributed by atoms with Crippen molar-refractivity contribution >= 4 is 28.8 Å². The second kappa shape index (κ2) is 5.19. The highest BCUT2D eigenvalue weighted by atomic mass is 32.1. The summed E-state index contributed by atoms with van der Waals surface area (Å²) >= 11 is 5.00. The van der Waals surface area contributed by atoms with Gasteiger partial charge in [0.2, 0.25) is 0 Å². The fourth-order valence-corrected chi connectivity index (χ4v) is 1.98. The van der Waals surface area contributed by atoms with Crippen molar-refractivity contribution in [1.82, 2.24) is 9.78 Å². The summed E-state index contributed by atoms with van der Waals surface area (Å²) in [5.74, 6) is -0.156. The van der Waals surface area contributed by atoms with Gasteiger partial charge in [-0.3, -0.25) is 9.48 Å². The standard InChI is InChI=1S/C13H14N4OS/c1-16-8-9(7-15-16)13(18)17(2)11-6-4-3-5-10(11)12(14)19/h3-8H,1-2H3,(H2,14,19). The number of carbonyl (C=O) groups is 1. The first kappa shape index (κ1) is 13.2. The number of rotatable bonds is 3. The van der Waals surface area contributed by atoms with Gasteiger partial charge < -0.3 is 10.6 Å². The maximum Gasteiger partial charge on any atom is 0.261 e. The Morgan fingerprint density at radius 3 is 2.68 bits per heavy atom. The largest absolute Gasteiger partial charge is 0.389 e. The molecule has 0 aliphatic rings. The number of nitrogens with two attached hydrogens (primary N) is 1. The van der Waals surface area contributed by atoms with Crippen LogP contribution in [0.2, 0.25) is 0 Å². The van der Waals surface area contributed by atoms with Crippen LogP contribution in [0.15, 0.2) is 36.7 Å². The van der Waals surface area contributed by atoms with Crippen molar-refractivity contribution in [2.45, 2.75) is 0 Å². The summed E-state index contributed by atoms with van der Waals surface area (Å²) in [4.78, 5) is 14.1. The number of thiocarbonyl (C=S) groups is 1. The molecular weight excluding hydrogens is 260 g/mol. The molecule has 1 aromatic heterocycles. The Bertz CT molecular complexity index is 635. The van der Waals surface area contributed by atoms with Gasteiger partial charge in [0.05, 0.1) is 17.4 Å². The van der Waals surface area contributed by atoms with Gasteiger partial charge in [-0.15, -0.1) is 0 Å². The van der Waals surface area contributed by atoms with Gasteiger partial charge in [-0.1, -0.05) is 24.4 Å². The van der Waals surface area contributed by atoms with Gasteiger partial charge in [-0.25, -0.2) is 0 Å². The number of nitrogens with zero attached hydrogens (tertiary/aromatic N) is 3. The Labute approximate surface area is 116 Å². The van der Waals surface area contributed by atoms with Gasteiger partial charge >= 0.3 is 0 Å². The molecule has 2 aromatic rings. The van der Waals surface area contributed by atoms with Crippen molar-refractivity contribution in [3.8, 4) is 0 Å². The molecule has 0 saturated carbocycles. The molecule has 0 spiro atoms. The minimum absolute atomic E-state index is 0.156. The fourth-order valence-electron chi connectivity index (χ4n) is 1.81. The van der Waals surface area contributed by atoms with Crippen LogP contribution in [0.3, 0.4) is 0 Å². The molecule has 2 rings (SSSR count). The molecule has 98 valence electrons. The highest BCUT2D eigenvalue weighted by Crippen LogP contribution is 2.20. The molecule has 0 atom stereocenters. The summed E-state index contributed by atoms with van der Waals surface area (Å²) in [6, 6.07) is 7.28. The van der Waals surface area contributed by atoms with E-state index in [2.05, 4.69) is 5.10 Å². The van der Waals surface area contributed by atoms with Crippen molar-refractivity contribution in [2.24, 2.45) is 12.8 Å². The number of aryl methyl sites for hydroxylation is 1. The molecule has 6 heteroatoms. The van der Waals surface area contributed by atoms with Crippen LogP contribution in [0.1, 0.15) is 15.9 Å². The lowest BCUT2D eigenvalue weighted by Gasteiger charge is -2.19. The van der Waals surface area contributed by atoms with Gasteiger partial charge in [0.25, 0.3) is 5.91 Å². The van der Waals surface area contributed by atoms with Crippen molar-refractivity contribution in [1.29, 1.82) is 0 Å². The summed E-state index contributed by atoms with van der Waals surface area (Å²) < 4.78 is 1.58. The quantitative estimate of drug-likeness (QED) is 0.858. The van der Waals surface area contributed by atoms with E-state index in [9.17, 15) is 4.79 Å². The first-order valence-electron chi connectivity index (χ1n) is 5.66. The first-order valence-corrected chi connectivity index (χ1v) is 6.07. The van der Waals surface area contributed by atoms with Crippen molar-refractivity contribution < 1.29 is 4.79 Å². The van der Waals surface area contributed by atoms with E-state index in [4.69, 9.17) is 18.0 Å². The molecule has 2 N–H and O–H groups in total. The number of amides is 1. The number of aromatic nitrogens is 2. The van der Waals surface area contributed by atoms with Crippen LogP contribution in [0.5, 0.6) is 0 Å². The average Bonchev–Trinajstić information content (AvgIpc) is 2.83. The maximum absolute atomic E-state index is 12.3. The zero-order valence-corrected chi connectivity index (χ0v) is 11.5. The minimum atomic E-state index is -0.156. The topological polar surface area (TPSA) is 64.2 Å². The van der Waals surface area contributed by atoms with Crippen molar-refractivity contribution in [2.75, 3.05) is 11.9 Å². The van der Waals surface area contributed by atoms with E-state index in [1.807, 2.05) is 18.2 Å². The Balaban J connectivity index is 2.37. The van der Waals surface area contributed by atoms with Gasteiger partial charge in [0, 0.05) is 25.9 Å². The molecule has 0 radical (unpaired) electrons. The van der Waals surface area contributed by atoms with Crippen molar-refractivity contribution in [3.05, 3.63) is 47.8 Å². The molecule has 1 heterocycles. The van der Waals surface area contributed by atoms with E-state index < -0.39 is 0 Å². The van der Waals surface area contributed by atoms with E-state index in [1.54, 1.807) is 31.0 Å². The summed E-state index contributed by atoms with van der Waals surface area (Å²) in [6.45, 7) is 0. The minimum Gasteiger partial charge on any atom is -0.389 e. The molecule has 0 fully saturated rings. The van der Waals surface area contributed by atoms with Crippen LogP contribution >= 0.6 is 12.2 Å². The second-order valence-corrected chi connectivity index (χ2v) is 4.59. The molecule has 0 unspecified atom stereocenters. The second-order valence-electron chi connectivity index (χ2n) is 4.15. The number of carbonyl (C=O) groups excluding carboxylic acids is 1. The SMILES string of the molecule is CN(C(=O)c1cnn(C)c1)c1ccccc1C(N)=S. The molecule has 1 amide bonds. The van der Waals surface area contributed by atoms with E-state index in [0.29, 0.717) is 16.8 Å². The van der Waals surface area contributed by atoms with Crippen molar-refractivity contribution in [3.63, 3.8) is 0 Å². The molecule has 0 aliphatic carbocycles. The van der Waals surface area contributed by atoms with E-state index in [0.717, 1.165) is 0 Å². The van der Waals surface area contributed by atoms with Crippen LogP contribution in [-0.4, -0.2) is 27.7 Å². The molecular formula is C13H14N4OS. The Hall–Kier alpha value is -2.21. The third-order valence-electron chi connectivity index (χ3n) is 2.79. The maximum atomic E-state index is 12.3. The molecule has 5 nitrogen and oxygen atoms in total. The predicted octanol–water partition coefficient (Wildman–Crippen LogP) is 1.33. The molecule has 1 aromatic carbocycles. The lowest BCUT2D eigenvalue weighted by Crippen LogP contribution is -2.28. The zero-order valence-electron chi connectivity index (χ0n) is 10.7. The zero-order chi connectivity index (χ0) is 14.0. The number of anilines is 1. The van der Waals surface area contributed by atoms with Crippen LogP contribution in [-0.2, 0) is 7.05 Å². The van der Waals surface area contributed by atoms with E-state index >= 15 is 0 Å². The highest BCUT2D eigenvalue weighted by Gasteiger charge is 2.18. The van der Waals surface area contributed by atoms with Crippen LogP contribution in [0, 0.1) is 0 Å².